The Morgan fingerprint density at radius 3 is 2.76 bits per heavy atom. The van der Waals surface area contributed by atoms with Gasteiger partial charge in [0.15, 0.2) is 0 Å². The lowest BCUT2D eigenvalue weighted by atomic mass is 10.1. The molecule has 9 heteroatoms. The van der Waals surface area contributed by atoms with Crippen molar-refractivity contribution in [2.24, 2.45) is 0 Å². The molecule has 0 aromatic heterocycles. The fraction of sp³-hybridized carbons (Fsp3) is 0.100. The van der Waals surface area contributed by atoms with Crippen molar-refractivity contribution in [3.8, 4) is 5.75 Å². The number of imide groups is 1. The number of carbonyl (C=O) groups excluding carboxylic acids is 2. The Hall–Kier alpha value is -3.46. The maximum Gasteiger partial charge on any atom is 0.329 e. The Morgan fingerprint density at radius 2 is 2.03 bits per heavy atom. The molecule has 1 aliphatic heterocycles. The first-order valence-electron chi connectivity index (χ1n) is 8.50. The number of nitro groups is 1. The first kappa shape index (κ1) is 20.3. The number of non-ortho nitro benzene ring substituents is 1. The summed E-state index contributed by atoms with van der Waals surface area (Å²) in [5.41, 5.74) is 1.29. The molecule has 0 bridgehead atoms. The molecular weight excluding hydrogens is 442 g/mol. The van der Waals surface area contributed by atoms with E-state index in [1.807, 2.05) is 0 Å². The minimum atomic E-state index is -0.518. The molecule has 1 N–H and O–H groups in total. The number of amides is 3. The van der Waals surface area contributed by atoms with Gasteiger partial charge in [-0.1, -0.05) is 34.1 Å². The van der Waals surface area contributed by atoms with Crippen molar-refractivity contribution in [1.82, 2.24) is 10.2 Å². The lowest BCUT2D eigenvalue weighted by Crippen LogP contribution is -2.30. The summed E-state index contributed by atoms with van der Waals surface area (Å²) in [7, 11) is 0. The average molecular weight is 458 g/mol. The lowest BCUT2D eigenvalue weighted by Gasteiger charge is -2.11. The molecule has 2 aromatic rings. The topological polar surface area (TPSA) is 102 Å². The van der Waals surface area contributed by atoms with Crippen molar-refractivity contribution in [2.45, 2.75) is 6.61 Å². The molecule has 1 saturated heterocycles. The van der Waals surface area contributed by atoms with E-state index in [2.05, 4.69) is 27.8 Å². The van der Waals surface area contributed by atoms with E-state index in [9.17, 15) is 19.7 Å². The maximum atomic E-state index is 12.4. The fourth-order valence-corrected chi connectivity index (χ4v) is 3.09. The smallest absolute Gasteiger partial charge is 0.329 e. The zero-order chi connectivity index (χ0) is 21.0. The lowest BCUT2D eigenvalue weighted by molar-refractivity contribution is -0.384. The quantitative estimate of drug-likeness (QED) is 0.222. The zero-order valence-corrected chi connectivity index (χ0v) is 16.7. The summed E-state index contributed by atoms with van der Waals surface area (Å²) in [6.45, 7) is 3.74. The monoisotopic (exact) mass is 457 g/mol. The fourth-order valence-electron chi connectivity index (χ4n) is 2.71. The summed E-state index contributed by atoms with van der Waals surface area (Å²) in [5.74, 6) is -0.00376. The van der Waals surface area contributed by atoms with E-state index in [1.165, 1.54) is 24.3 Å². The number of nitrogens with one attached hydrogen (secondary N) is 1. The van der Waals surface area contributed by atoms with Crippen molar-refractivity contribution < 1.29 is 19.2 Å². The van der Waals surface area contributed by atoms with Crippen LogP contribution in [0.4, 0.5) is 10.5 Å². The highest BCUT2D eigenvalue weighted by Crippen LogP contribution is 2.27. The van der Waals surface area contributed by atoms with Gasteiger partial charge in [0.1, 0.15) is 18.1 Å². The van der Waals surface area contributed by atoms with Gasteiger partial charge < -0.3 is 10.1 Å². The molecule has 148 valence electrons. The van der Waals surface area contributed by atoms with E-state index in [1.54, 1.807) is 30.3 Å². The predicted octanol–water partition coefficient (Wildman–Crippen LogP) is 4.02. The van der Waals surface area contributed by atoms with Crippen LogP contribution in [0.25, 0.3) is 6.08 Å². The van der Waals surface area contributed by atoms with Gasteiger partial charge in [0.25, 0.3) is 11.6 Å². The van der Waals surface area contributed by atoms with Crippen molar-refractivity contribution in [2.75, 3.05) is 6.54 Å². The molecule has 1 heterocycles. The molecule has 0 aliphatic carbocycles. The minimum absolute atomic E-state index is 0.0224. The Kier molecular flexibility index (Phi) is 6.08. The third-order valence-electron chi connectivity index (χ3n) is 4.06. The number of halogens is 1. The maximum absolute atomic E-state index is 12.4. The van der Waals surface area contributed by atoms with Crippen LogP contribution in [0.5, 0.6) is 5.75 Å². The van der Waals surface area contributed by atoms with Gasteiger partial charge in [-0.05, 0) is 29.8 Å². The summed E-state index contributed by atoms with van der Waals surface area (Å²) in [4.78, 5) is 35.8. The van der Waals surface area contributed by atoms with Gasteiger partial charge in [-0.3, -0.25) is 19.8 Å². The van der Waals surface area contributed by atoms with Crippen LogP contribution in [0, 0.1) is 10.1 Å². The summed E-state index contributed by atoms with van der Waals surface area (Å²) in [5, 5.41) is 13.5. The van der Waals surface area contributed by atoms with Gasteiger partial charge in [0.05, 0.1) is 4.92 Å². The molecular formula is C20H16BrN3O5. The number of rotatable bonds is 7. The van der Waals surface area contributed by atoms with Crippen LogP contribution >= 0.6 is 15.9 Å². The van der Waals surface area contributed by atoms with Gasteiger partial charge in [-0.2, -0.15) is 0 Å². The standard InChI is InChI=1S/C20H16BrN3O5/c1-2-8-23-19(25)17(22-20(23)26)11-14-10-15(21)6-7-18(14)29-12-13-4-3-5-16(9-13)24(27)28/h2-7,9-11H,1,8,12H2,(H,22,26)/b17-11+. The van der Waals surface area contributed by atoms with E-state index in [4.69, 9.17) is 4.74 Å². The van der Waals surface area contributed by atoms with E-state index in [-0.39, 0.29) is 24.5 Å². The molecule has 0 radical (unpaired) electrons. The number of urea groups is 1. The second-order valence-corrected chi connectivity index (χ2v) is 7.01. The van der Waals surface area contributed by atoms with Crippen LogP contribution in [0.15, 0.2) is 65.3 Å². The Balaban J connectivity index is 1.84. The number of hydrogen-bond acceptors (Lipinski definition) is 5. The van der Waals surface area contributed by atoms with Crippen LogP contribution in [0.3, 0.4) is 0 Å². The number of benzene rings is 2. The van der Waals surface area contributed by atoms with E-state index >= 15 is 0 Å². The highest BCUT2D eigenvalue weighted by Gasteiger charge is 2.32. The molecule has 8 nitrogen and oxygen atoms in total. The van der Waals surface area contributed by atoms with Crippen molar-refractivity contribution in [1.29, 1.82) is 0 Å². The Labute approximate surface area is 174 Å². The largest absolute Gasteiger partial charge is 0.488 e. The molecule has 2 aromatic carbocycles. The Morgan fingerprint density at radius 1 is 1.24 bits per heavy atom. The molecule has 0 saturated carbocycles. The van der Waals surface area contributed by atoms with E-state index < -0.39 is 16.9 Å². The highest BCUT2D eigenvalue weighted by molar-refractivity contribution is 9.10. The average Bonchev–Trinajstić information content (AvgIpc) is 2.95. The second-order valence-electron chi connectivity index (χ2n) is 6.09. The van der Waals surface area contributed by atoms with Gasteiger partial charge in [-0.25, -0.2) is 4.79 Å². The van der Waals surface area contributed by atoms with Crippen LogP contribution in [0.1, 0.15) is 11.1 Å². The highest BCUT2D eigenvalue weighted by atomic mass is 79.9. The third-order valence-corrected chi connectivity index (χ3v) is 4.55. The first-order valence-corrected chi connectivity index (χ1v) is 9.29. The van der Waals surface area contributed by atoms with Crippen LogP contribution < -0.4 is 10.1 Å². The molecule has 3 amide bonds. The molecule has 0 unspecified atom stereocenters. The van der Waals surface area contributed by atoms with E-state index in [0.29, 0.717) is 16.9 Å². The molecule has 1 aliphatic rings. The Bertz CT molecular complexity index is 1030. The summed E-state index contributed by atoms with van der Waals surface area (Å²) in [6, 6.07) is 10.8. The summed E-state index contributed by atoms with van der Waals surface area (Å²) >= 11 is 3.38. The molecule has 3 rings (SSSR count). The number of carbonyl (C=O) groups is 2. The molecule has 1 fully saturated rings. The van der Waals surface area contributed by atoms with Crippen LogP contribution in [0.2, 0.25) is 0 Å². The number of nitrogens with zero attached hydrogens (tertiary/aromatic N) is 2. The van der Waals surface area contributed by atoms with Crippen LogP contribution in [-0.2, 0) is 11.4 Å². The van der Waals surface area contributed by atoms with Gasteiger partial charge in [0, 0.05) is 28.7 Å². The van der Waals surface area contributed by atoms with Crippen molar-refractivity contribution >= 4 is 39.6 Å². The third kappa shape index (κ3) is 4.69. The normalized spacial score (nSPS) is 14.8. The van der Waals surface area contributed by atoms with Gasteiger partial charge >= 0.3 is 6.03 Å². The van der Waals surface area contributed by atoms with Crippen molar-refractivity contribution in [3.05, 3.63) is 86.5 Å². The van der Waals surface area contributed by atoms with Gasteiger partial charge in [0.2, 0.25) is 0 Å². The van der Waals surface area contributed by atoms with Gasteiger partial charge in [-0.15, -0.1) is 6.58 Å². The summed E-state index contributed by atoms with van der Waals surface area (Å²) in [6.07, 6.45) is 2.99. The zero-order valence-electron chi connectivity index (χ0n) is 15.1. The first-order chi connectivity index (χ1) is 13.9. The number of nitro benzene ring substituents is 1. The van der Waals surface area contributed by atoms with E-state index in [0.717, 1.165) is 9.37 Å². The number of hydrogen-bond donors (Lipinski definition) is 1. The number of ether oxygens (including phenoxy) is 1. The second kappa shape index (κ2) is 8.70. The SMILES string of the molecule is C=CCN1C(=O)N/C(=C/c2cc(Br)ccc2OCc2cccc([N+](=O)[O-])c2)C1=O. The van der Waals surface area contributed by atoms with Crippen molar-refractivity contribution in [3.63, 3.8) is 0 Å². The molecule has 0 atom stereocenters. The minimum Gasteiger partial charge on any atom is -0.488 e. The molecule has 0 spiro atoms. The molecule has 29 heavy (non-hydrogen) atoms. The summed E-state index contributed by atoms with van der Waals surface area (Å²) < 4.78 is 6.57. The van der Waals surface area contributed by atoms with Crippen LogP contribution in [-0.4, -0.2) is 28.3 Å². The predicted molar refractivity (Wildman–Crippen MR) is 110 cm³/mol.